The first-order valence-electron chi connectivity index (χ1n) is 9.53. The van der Waals surface area contributed by atoms with Gasteiger partial charge in [-0.15, -0.1) is 0 Å². The van der Waals surface area contributed by atoms with E-state index >= 15 is 0 Å². The molecule has 1 aliphatic carbocycles. The molecule has 0 bridgehead atoms. The first-order chi connectivity index (χ1) is 11.8. The molecule has 1 aliphatic heterocycles. The summed E-state index contributed by atoms with van der Waals surface area (Å²) in [5, 5.41) is 3.80. The van der Waals surface area contributed by atoms with Gasteiger partial charge < -0.3 is 14.6 Å². The van der Waals surface area contributed by atoms with E-state index < -0.39 is 0 Å². The van der Waals surface area contributed by atoms with Gasteiger partial charge in [0.15, 0.2) is 0 Å². The minimum absolute atomic E-state index is 0.119. The molecule has 2 heterocycles. The Hall–Kier alpha value is -0.620. The fourth-order valence-corrected chi connectivity index (χ4v) is 4.71. The molecule has 1 N–H and O–H groups in total. The standard InChI is InChI=1S/C19H33ClN4O/c1-18(2)13-19(25-14-18)7-5-15(6-8-19)24-11-16(20)22-17(24)12-23(4)10-9-21-3/h11,15,21H,5-10,12-14H2,1-4H3. The van der Waals surface area contributed by atoms with Gasteiger partial charge in [-0.05, 0) is 51.6 Å². The Bertz CT molecular complexity index is 578. The van der Waals surface area contributed by atoms with E-state index in [9.17, 15) is 0 Å². The van der Waals surface area contributed by atoms with Gasteiger partial charge in [0.05, 0.1) is 18.8 Å². The zero-order valence-electron chi connectivity index (χ0n) is 16.1. The third kappa shape index (κ3) is 4.57. The highest BCUT2D eigenvalue weighted by molar-refractivity contribution is 6.29. The van der Waals surface area contributed by atoms with Crippen LogP contribution in [0.4, 0.5) is 0 Å². The summed E-state index contributed by atoms with van der Waals surface area (Å²) in [5.41, 5.74) is 0.445. The van der Waals surface area contributed by atoms with Crippen LogP contribution in [0.2, 0.25) is 5.15 Å². The molecule has 0 unspecified atom stereocenters. The largest absolute Gasteiger partial charge is 0.374 e. The van der Waals surface area contributed by atoms with Gasteiger partial charge >= 0.3 is 0 Å². The Morgan fingerprint density at radius 2 is 2.12 bits per heavy atom. The fourth-order valence-electron chi connectivity index (χ4n) is 4.51. The zero-order chi connectivity index (χ0) is 18.1. The summed E-state index contributed by atoms with van der Waals surface area (Å²) in [6, 6.07) is 0.491. The lowest BCUT2D eigenvalue weighted by molar-refractivity contribution is -0.0345. The Kier molecular flexibility index (Phi) is 5.78. The van der Waals surface area contributed by atoms with Crippen LogP contribution < -0.4 is 5.32 Å². The lowest BCUT2D eigenvalue weighted by Gasteiger charge is -2.38. The van der Waals surface area contributed by atoms with Crippen molar-refractivity contribution in [1.29, 1.82) is 0 Å². The monoisotopic (exact) mass is 368 g/mol. The van der Waals surface area contributed by atoms with Crippen molar-refractivity contribution in [3.63, 3.8) is 0 Å². The molecule has 2 aliphatic rings. The van der Waals surface area contributed by atoms with Crippen LogP contribution in [0.3, 0.4) is 0 Å². The number of nitrogens with zero attached hydrogens (tertiary/aromatic N) is 3. The highest BCUT2D eigenvalue weighted by Crippen LogP contribution is 2.49. The first-order valence-corrected chi connectivity index (χ1v) is 9.91. The molecule has 5 nitrogen and oxygen atoms in total. The van der Waals surface area contributed by atoms with E-state index in [2.05, 4.69) is 40.7 Å². The van der Waals surface area contributed by atoms with Crippen LogP contribution in [0.25, 0.3) is 0 Å². The number of nitrogens with one attached hydrogen (secondary N) is 1. The fraction of sp³-hybridized carbons (Fsp3) is 0.842. The molecule has 1 spiro atoms. The molecular formula is C19H33ClN4O. The van der Waals surface area contributed by atoms with Crippen molar-refractivity contribution >= 4 is 11.6 Å². The van der Waals surface area contributed by atoms with Crippen molar-refractivity contribution < 1.29 is 4.74 Å². The zero-order valence-corrected chi connectivity index (χ0v) is 16.9. The normalized spacial score (nSPS) is 29.0. The minimum Gasteiger partial charge on any atom is -0.374 e. The van der Waals surface area contributed by atoms with Crippen molar-refractivity contribution in [2.75, 3.05) is 33.8 Å². The molecule has 1 aromatic heterocycles. The highest BCUT2D eigenvalue weighted by Gasteiger charge is 2.46. The van der Waals surface area contributed by atoms with E-state index in [1.165, 1.54) is 6.42 Å². The average Bonchev–Trinajstić information content (AvgIpc) is 3.06. The predicted octanol–water partition coefficient (Wildman–Crippen LogP) is 3.49. The van der Waals surface area contributed by atoms with E-state index in [1.54, 1.807) is 0 Å². The second kappa shape index (κ2) is 7.55. The van der Waals surface area contributed by atoms with Gasteiger partial charge in [0, 0.05) is 25.3 Å². The van der Waals surface area contributed by atoms with Crippen LogP contribution in [0, 0.1) is 5.41 Å². The predicted molar refractivity (Wildman–Crippen MR) is 102 cm³/mol. The smallest absolute Gasteiger partial charge is 0.147 e. The Morgan fingerprint density at radius 3 is 2.72 bits per heavy atom. The van der Waals surface area contributed by atoms with Crippen molar-refractivity contribution in [3.8, 4) is 0 Å². The molecule has 1 saturated heterocycles. The Morgan fingerprint density at radius 1 is 1.40 bits per heavy atom. The molecule has 0 radical (unpaired) electrons. The van der Waals surface area contributed by atoms with E-state index in [1.807, 2.05) is 13.2 Å². The molecule has 1 aromatic rings. The average molecular weight is 369 g/mol. The summed E-state index contributed by atoms with van der Waals surface area (Å²) < 4.78 is 8.58. The molecule has 25 heavy (non-hydrogen) atoms. The van der Waals surface area contributed by atoms with Crippen LogP contribution in [0.1, 0.15) is 57.8 Å². The molecule has 2 fully saturated rings. The van der Waals surface area contributed by atoms with Crippen LogP contribution in [0.15, 0.2) is 6.20 Å². The maximum absolute atomic E-state index is 6.26. The van der Waals surface area contributed by atoms with Crippen molar-refractivity contribution in [2.45, 2.75) is 64.1 Å². The number of imidazole rings is 1. The third-order valence-electron chi connectivity index (χ3n) is 5.76. The van der Waals surface area contributed by atoms with Crippen LogP contribution in [-0.4, -0.2) is 53.8 Å². The summed E-state index contributed by atoms with van der Waals surface area (Å²) in [7, 11) is 4.12. The van der Waals surface area contributed by atoms with Crippen molar-refractivity contribution in [2.24, 2.45) is 5.41 Å². The number of hydrogen-bond acceptors (Lipinski definition) is 4. The van der Waals surface area contributed by atoms with Crippen LogP contribution >= 0.6 is 11.6 Å². The molecular weight excluding hydrogens is 336 g/mol. The van der Waals surface area contributed by atoms with Crippen LogP contribution in [0.5, 0.6) is 0 Å². The lowest BCUT2D eigenvalue weighted by atomic mass is 9.75. The van der Waals surface area contributed by atoms with E-state index in [0.717, 1.165) is 57.7 Å². The first kappa shape index (κ1) is 19.2. The molecule has 3 rings (SSSR count). The molecule has 6 heteroatoms. The quantitative estimate of drug-likeness (QED) is 0.834. The number of rotatable bonds is 6. The number of ether oxygens (including phenoxy) is 1. The molecule has 0 amide bonds. The Balaban J connectivity index is 1.63. The summed E-state index contributed by atoms with van der Waals surface area (Å²) in [6.45, 7) is 8.35. The highest BCUT2D eigenvalue weighted by atomic mass is 35.5. The maximum Gasteiger partial charge on any atom is 0.147 e. The van der Waals surface area contributed by atoms with E-state index in [-0.39, 0.29) is 5.60 Å². The molecule has 1 saturated carbocycles. The SMILES string of the molecule is CNCCN(C)Cc1nc(Cl)cn1C1CCC2(CC1)CC(C)(C)CO2. The molecule has 0 atom stereocenters. The molecule has 142 valence electrons. The number of halogens is 1. The Labute approximate surface area is 157 Å². The number of likely N-dealkylation sites (N-methyl/N-ethyl adjacent to an activating group) is 2. The van der Waals surface area contributed by atoms with E-state index in [0.29, 0.717) is 16.6 Å². The number of hydrogen-bond donors (Lipinski definition) is 1. The maximum atomic E-state index is 6.26. The minimum atomic E-state index is 0.119. The second-order valence-electron chi connectivity index (χ2n) is 8.77. The summed E-state index contributed by atoms with van der Waals surface area (Å²) in [4.78, 5) is 6.87. The third-order valence-corrected chi connectivity index (χ3v) is 5.95. The van der Waals surface area contributed by atoms with Crippen molar-refractivity contribution in [3.05, 3.63) is 17.2 Å². The van der Waals surface area contributed by atoms with Gasteiger partial charge in [0.25, 0.3) is 0 Å². The van der Waals surface area contributed by atoms with Crippen molar-refractivity contribution in [1.82, 2.24) is 19.8 Å². The van der Waals surface area contributed by atoms with E-state index in [4.69, 9.17) is 16.3 Å². The van der Waals surface area contributed by atoms with Gasteiger partial charge in [-0.2, -0.15) is 0 Å². The van der Waals surface area contributed by atoms with Gasteiger partial charge in [-0.1, -0.05) is 25.4 Å². The summed E-state index contributed by atoms with van der Waals surface area (Å²) in [5.74, 6) is 1.08. The van der Waals surface area contributed by atoms with Gasteiger partial charge in [0.2, 0.25) is 0 Å². The van der Waals surface area contributed by atoms with Gasteiger partial charge in [-0.25, -0.2) is 4.98 Å². The van der Waals surface area contributed by atoms with Gasteiger partial charge in [-0.3, -0.25) is 4.90 Å². The lowest BCUT2D eigenvalue weighted by Crippen LogP contribution is -2.35. The summed E-state index contributed by atoms with van der Waals surface area (Å²) in [6.07, 6.45) is 7.80. The summed E-state index contributed by atoms with van der Waals surface area (Å²) >= 11 is 6.24. The topological polar surface area (TPSA) is 42.3 Å². The molecule has 0 aromatic carbocycles. The van der Waals surface area contributed by atoms with Crippen LogP contribution in [-0.2, 0) is 11.3 Å². The second-order valence-corrected chi connectivity index (χ2v) is 9.16. The number of aromatic nitrogens is 2. The van der Waals surface area contributed by atoms with Gasteiger partial charge in [0.1, 0.15) is 11.0 Å².